The number of nitrogens with zero attached hydrogens (tertiary/aromatic N) is 2. The molecule has 12 heteroatoms. The van der Waals surface area contributed by atoms with Gasteiger partial charge in [-0.15, -0.1) is 0 Å². The summed E-state index contributed by atoms with van der Waals surface area (Å²) in [6.45, 7) is 3.17. The van der Waals surface area contributed by atoms with Gasteiger partial charge in [0.15, 0.2) is 0 Å². The molecule has 158 valence electrons. The maximum atomic E-state index is 10.7. The zero-order valence-electron chi connectivity index (χ0n) is 16.9. The van der Waals surface area contributed by atoms with E-state index in [1.165, 1.54) is 21.3 Å². The number of likely N-dealkylation sites (N-methyl/N-ethyl adjacent to an activating group) is 1. The van der Waals surface area contributed by atoms with Gasteiger partial charge < -0.3 is 27.7 Å². The maximum absolute atomic E-state index is 10.7. The van der Waals surface area contributed by atoms with Gasteiger partial charge in [0.1, 0.15) is 6.54 Å². The summed E-state index contributed by atoms with van der Waals surface area (Å²) in [6, 6.07) is 0. The molecule has 0 aliphatic rings. The Morgan fingerprint density at radius 3 is 1.81 bits per heavy atom. The highest BCUT2D eigenvalue weighted by Gasteiger charge is 2.45. The Morgan fingerprint density at radius 1 is 1.12 bits per heavy atom. The first-order valence-corrected chi connectivity index (χ1v) is 11.4. The molecule has 1 N–H and O–H groups in total. The Kier molecular flexibility index (Phi) is 13.5. The molecule has 0 rings (SSSR count). The minimum absolute atomic E-state index is 0.0694. The fourth-order valence-corrected chi connectivity index (χ4v) is 4.82. The highest BCUT2D eigenvalue weighted by Crippen LogP contribution is 2.14. The number of hydrogen-bond acceptors (Lipinski definition) is 8. The van der Waals surface area contributed by atoms with Crippen molar-refractivity contribution in [3.8, 4) is 0 Å². The maximum Gasteiger partial charge on any atom is 0.598 e. The van der Waals surface area contributed by atoms with Crippen LogP contribution in [0.2, 0.25) is 0 Å². The summed E-state index contributed by atoms with van der Waals surface area (Å²) in [5, 5.41) is 9.89. The van der Waals surface area contributed by atoms with Crippen LogP contribution in [0.4, 0.5) is 0 Å². The van der Waals surface area contributed by atoms with Crippen LogP contribution in [0.15, 0.2) is 0 Å². The fraction of sp³-hybridized carbons (Fsp3) is 0.929. The Balaban J connectivity index is 0. The van der Waals surface area contributed by atoms with Crippen LogP contribution in [0, 0.1) is 0 Å². The number of carbonyl (C=O) groups is 1. The van der Waals surface area contributed by atoms with Crippen LogP contribution in [0.3, 0.4) is 0 Å². The SMILES string of the molecule is CCCN(CCCS(=O)(=O)O)[Si](OC)(OC)OC.C[N+](C)(C)CC(=O)[O-]. The lowest BCUT2D eigenvalue weighted by atomic mass is 10.4. The van der Waals surface area contributed by atoms with E-state index < -0.39 is 25.1 Å². The third-order valence-corrected chi connectivity index (χ3v) is 6.66. The van der Waals surface area contributed by atoms with Gasteiger partial charge in [0.05, 0.1) is 32.9 Å². The Labute approximate surface area is 158 Å². The lowest BCUT2D eigenvalue weighted by Crippen LogP contribution is -2.60. The molecule has 0 radical (unpaired) electrons. The van der Waals surface area contributed by atoms with Gasteiger partial charge in [-0.05, 0) is 25.9 Å². The lowest BCUT2D eigenvalue weighted by molar-refractivity contribution is -0.864. The monoisotopic (exact) mass is 418 g/mol. The van der Waals surface area contributed by atoms with Crippen molar-refractivity contribution in [2.24, 2.45) is 0 Å². The summed E-state index contributed by atoms with van der Waals surface area (Å²) in [4.78, 5) is 9.89. The second kappa shape index (κ2) is 12.7. The van der Waals surface area contributed by atoms with Crippen LogP contribution in [-0.4, -0.2) is 105 Å². The van der Waals surface area contributed by atoms with Crippen molar-refractivity contribution < 1.29 is 40.6 Å². The molecule has 0 atom stereocenters. The van der Waals surface area contributed by atoms with Crippen LogP contribution >= 0.6 is 0 Å². The second-order valence-electron chi connectivity index (χ2n) is 6.58. The molecule has 0 saturated carbocycles. The Hall–Kier alpha value is -0.603. The number of carbonyl (C=O) groups excluding carboxylic acids is 1. The first kappa shape index (κ1) is 27.6. The highest BCUT2D eigenvalue weighted by atomic mass is 32.2. The zero-order valence-corrected chi connectivity index (χ0v) is 18.7. The summed E-state index contributed by atoms with van der Waals surface area (Å²) in [7, 11) is 3.08. The number of carboxylic acid groups (broad SMARTS) is 1. The molecule has 0 unspecified atom stereocenters. The minimum Gasteiger partial charge on any atom is -0.544 e. The number of quaternary nitrogens is 1. The number of carboxylic acids is 1. The van der Waals surface area contributed by atoms with E-state index in [1.54, 1.807) is 21.1 Å². The van der Waals surface area contributed by atoms with E-state index in [0.717, 1.165) is 6.42 Å². The molecule has 26 heavy (non-hydrogen) atoms. The van der Waals surface area contributed by atoms with Crippen molar-refractivity contribution in [3.05, 3.63) is 0 Å². The van der Waals surface area contributed by atoms with Crippen molar-refractivity contribution in [1.82, 2.24) is 4.57 Å². The molecule has 0 saturated heterocycles. The van der Waals surface area contributed by atoms with E-state index in [9.17, 15) is 18.3 Å². The van der Waals surface area contributed by atoms with E-state index in [-0.39, 0.29) is 12.3 Å². The van der Waals surface area contributed by atoms with Crippen molar-refractivity contribution in [2.75, 3.05) is 67.9 Å². The average molecular weight is 419 g/mol. The molecule has 0 heterocycles. The summed E-state index contributed by atoms with van der Waals surface area (Å²) in [6.07, 6.45) is 1.15. The zero-order chi connectivity index (χ0) is 21.0. The van der Waals surface area contributed by atoms with Gasteiger partial charge in [0, 0.05) is 21.3 Å². The van der Waals surface area contributed by atoms with Crippen LogP contribution < -0.4 is 5.11 Å². The van der Waals surface area contributed by atoms with E-state index in [1.807, 2.05) is 11.5 Å². The van der Waals surface area contributed by atoms with Gasteiger partial charge in [-0.25, -0.2) is 0 Å². The van der Waals surface area contributed by atoms with Gasteiger partial charge in [0.2, 0.25) is 0 Å². The van der Waals surface area contributed by atoms with Gasteiger partial charge in [-0.2, -0.15) is 8.42 Å². The van der Waals surface area contributed by atoms with Crippen molar-refractivity contribution in [3.63, 3.8) is 0 Å². The molecule has 0 aliphatic heterocycles. The van der Waals surface area contributed by atoms with Crippen molar-refractivity contribution in [2.45, 2.75) is 19.8 Å². The normalized spacial score (nSPS) is 12.7. The van der Waals surface area contributed by atoms with Crippen molar-refractivity contribution >= 4 is 25.1 Å². The van der Waals surface area contributed by atoms with Crippen LogP contribution in [0.5, 0.6) is 0 Å². The quantitative estimate of drug-likeness (QED) is 0.236. The second-order valence-corrected chi connectivity index (χ2v) is 11.1. The molecule has 0 aliphatic carbocycles. The molecular weight excluding hydrogens is 384 g/mol. The molecule has 0 aromatic heterocycles. The Morgan fingerprint density at radius 2 is 1.58 bits per heavy atom. The first-order valence-electron chi connectivity index (χ1n) is 8.12. The predicted molar refractivity (Wildman–Crippen MR) is 97.6 cm³/mol. The Bertz CT molecular complexity index is 483. The summed E-state index contributed by atoms with van der Waals surface area (Å²) < 4.78 is 48.4. The smallest absolute Gasteiger partial charge is 0.544 e. The van der Waals surface area contributed by atoms with E-state index in [0.29, 0.717) is 24.0 Å². The van der Waals surface area contributed by atoms with Gasteiger partial charge in [0.25, 0.3) is 10.1 Å². The number of rotatable bonds is 12. The molecule has 0 amide bonds. The number of hydrogen-bond donors (Lipinski definition) is 1. The molecule has 10 nitrogen and oxygen atoms in total. The van der Waals surface area contributed by atoms with E-state index in [4.69, 9.17) is 17.8 Å². The predicted octanol–water partition coefficient (Wildman–Crippen LogP) is -1.21. The summed E-state index contributed by atoms with van der Waals surface area (Å²) in [5.74, 6) is -1.29. The molecule has 0 fully saturated rings. The summed E-state index contributed by atoms with van der Waals surface area (Å²) >= 11 is 0. The minimum atomic E-state index is -3.93. The van der Waals surface area contributed by atoms with E-state index in [2.05, 4.69) is 0 Å². The largest absolute Gasteiger partial charge is 0.598 e. The first-order chi connectivity index (χ1) is 11.8. The number of aliphatic carboxylic acids is 1. The molecule has 0 aromatic carbocycles. The molecule has 0 aromatic rings. The third kappa shape index (κ3) is 13.6. The fourth-order valence-electron chi connectivity index (χ4n) is 2.12. The standard InChI is InChI=1S/C9H23NO6SSi.C5H11NO2/c1-5-7-10(8-6-9-17(11,12)13)18(14-2,15-3)16-4;1-6(2,3)4-5(7)8/h5-9H2,1-4H3,(H,11,12,13);4H2,1-3H3. The van der Waals surface area contributed by atoms with Crippen LogP contribution in [0.25, 0.3) is 0 Å². The molecule has 0 bridgehead atoms. The summed E-state index contributed by atoms with van der Waals surface area (Å²) in [5.41, 5.74) is 0. The van der Waals surface area contributed by atoms with Crippen molar-refractivity contribution in [1.29, 1.82) is 0 Å². The van der Waals surface area contributed by atoms with Gasteiger partial charge >= 0.3 is 8.97 Å². The molecule has 0 spiro atoms. The average Bonchev–Trinajstić information content (AvgIpc) is 2.46. The van der Waals surface area contributed by atoms with Gasteiger partial charge in [-0.3, -0.25) is 9.12 Å². The highest BCUT2D eigenvalue weighted by molar-refractivity contribution is 7.85. The third-order valence-electron chi connectivity index (χ3n) is 3.09. The van der Waals surface area contributed by atoms with Crippen LogP contribution in [-0.2, 0) is 28.2 Å². The van der Waals surface area contributed by atoms with Crippen LogP contribution in [0.1, 0.15) is 19.8 Å². The lowest BCUT2D eigenvalue weighted by Gasteiger charge is -2.35. The molecular formula is C14H34N2O8SSi. The topological polar surface area (TPSA) is 125 Å². The van der Waals surface area contributed by atoms with Gasteiger partial charge in [-0.1, -0.05) is 6.92 Å². The van der Waals surface area contributed by atoms with E-state index >= 15 is 0 Å².